The molecule has 0 rings (SSSR count). The van der Waals surface area contributed by atoms with Crippen LogP contribution in [0.3, 0.4) is 0 Å². The maximum atomic E-state index is 9.91. The first-order valence-corrected chi connectivity index (χ1v) is 4.56. The van der Waals surface area contributed by atoms with Gasteiger partial charge in [0.05, 0.1) is 5.45 Å². The highest BCUT2D eigenvalue weighted by atomic mass is 79.9. The Labute approximate surface area is 62.5 Å². The molecule has 0 aliphatic rings. The molecule has 0 aliphatic heterocycles. The standard InChI is InChI=1S/C2H5BrClNO2S/c3-1-5-2(4)8(6)7/h2,5,8H,1H2. The van der Waals surface area contributed by atoms with Gasteiger partial charge in [-0.1, -0.05) is 27.5 Å². The summed E-state index contributed by atoms with van der Waals surface area (Å²) in [6, 6.07) is 0. The van der Waals surface area contributed by atoms with Crippen LogP contribution in [0.1, 0.15) is 0 Å². The lowest BCUT2D eigenvalue weighted by Gasteiger charge is -1.97. The summed E-state index contributed by atoms with van der Waals surface area (Å²) >= 11 is 8.13. The molecule has 8 heavy (non-hydrogen) atoms. The molecule has 0 fully saturated rings. The van der Waals surface area contributed by atoms with Gasteiger partial charge in [0.2, 0.25) is 0 Å². The van der Waals surface area contributed by atoms with Crippen molar-refractivity contribution in [3.8, 4) is 0 Å². The summed E-state index contributed by atoms with van der Waals surface area (Å²) in [7, 11) is -2.54. The van der Waals surface area contributed by atoms with Crippen LogP contribution in [0.25, 0.3) is 0 Å². The van der Waals surface area contributed by atoms with Crippen molar-refractivity contribution >= 4 is 38.2 Å². The van der Waals surface area contributed by atoms with Crippen LogP contribution in [0.2, 0.25) is 0 Å². The van der Waals surface area contributed by atoms with E-state index in [0.29, 0.717) is 5.45 Å². The van der Waals surface area contributed by atoms with Crippen molar-refractivity contribution in [1.29, 1.82) is 0 Å². The minimum Gasteiger partial charge on any atom is -0.279 e. The lowest BCUT2D eigenvalue weighted by Crippen LogP contribution is -2.22. The largest absolute Gasteiger partial charge is 0.279 e. The molecule has 0 saturated heterocycles. The second-order valence-corrected chi connectivity index (χ2v) is 3.35. The number of nitrogens with one attached hydrogen (secondary N) is 1. The van der Waals surface area contributed by atoms with Crippen LogP contribution in [0.15, 0.2) is 0 Å². The van der Waals surface area contributed by atoms with Crippen LogP contribution in [0, 0.1) is 0 Å². The molecule has 1 atom stereocenters. The number of hydrogen-bond donors (Lipinski definition) is 2. The SMILES string of the molecule is O=[SH](=O)C(Cl)NCBr. The minimum atomic E-state index is -2.54. The Morgan fingerprint density at radius 1 is 1.75 bits per heavy atom. The number of halogens is 2. The first-order chi connectivity index (χ1) is 3.68. The Kier molecular flexibility index (Phi) is 4.94. The van der Waals surface area contributed by atoms with Gasteiger partial charge in [-0.3, -0.25) is 5.32 Å². The van der Waals surface area contributed by atoms with Gasteiger partial charge in [0, 0.05) is 0 Å². The molecule has 0 saturated carbocycles. The van der Waals surface area contributed by atoms with Crippen LogP contribution in [0.4, 0.5) is 0 Å². The smallest absolute Gasteiger partial charge is 0.183 e. The predicted molar refractivity (Wildman–Crippen MR) is 36.9 cm³/mol. The van der Waals surface area contributed by atoms with Crippen LogP contribution < -0.4 is 5.32 Å². The van der Waals surface area contributed by atoms with Gasteiger partial charge in [-0.15, -0.1) is 0 Å². The Bertz CT molecular complexity index is 119. The van der Waals surface area contributed by atoms with Gasteiger partial charge in [0.25, 0.3) is 0 Å². The molecule has 0 amide bonds. The highest BCUT2D eigenvalue weighted by molar-refractivity contribution is 9.09. The fourth-order valence-electron chi connectivity index (χ4n) is 0.138. The first-order valence-electron chi connectivity index (χ1n) is 1.75. The molecule has 0 spiro atoms. The van der Waals surface area contributed by atoms with Gasteiger partial charge in [-0.25, -0.2) is 8.42 Å². The van der Waals surface area contributed by atoms with E-state index < -0.39 is 15.5 Å². The number of hydrogen-bond acceptors (Lipinski definition) is 3. The minimum absolute atomic E-state index is 0.379. The average Bonchev–Trinajstić information content (AvgIpc) is 1.67. The molecule has 0 aliphatic carbocycles. The lowest BCUT2D eigenvalue weighted by molar-refractivity contribution is 0.605. The topological polar surface area (TPSA) is 46.2 Å². The summed E-state index contributed by atoms with van der Waals surface area (Å²) in [4.78, 5) is -0.954. The van der Waals surface area contributed by atoms with Crippen molar-refractivity contribution in [2.24, 2.45) is 0 Å². The number of rotatable bonds is 3. The van der Waals surface area contributed by atoms with Gasteiger partial charge in [-0.2, -0.15) is 0 Å². The summed E-state index contributed by atoms with van der Waals surface area (Å²) in [5, 5.41) is 2.43. The second-order valence-electron chi connectivity index (χ2n) is 0.959. The second kappa shape index (κ2) is 4.55. The van der Waals surface area contributed by atoms with Crippen molar-refractivity contribution in [2.75, 3.05) is 5.45 Å². The van der Waals surface area contributed by atoms with Crippen molar-refractivity contribution in [1.82, 2.24) is 5.32 Å². The van der Waals surface area contributed by atoms with E-state index in [1.54, 1.807) is 0 Å². The summed E-state index contributed by atoms with van der Waals surface area (Å²) in [6.07, 6.45) is 0. The molecule has 1 N–H and O–H groups in total. The summed E-state index contributed by atoms with van der Waals surface area (Å²) in [5.41, 5.74) is 0.379. The molecular weight excluding hydrogens is 217 g/mol. The zero-order chi connectivity index (χ0) is 6.57. The monoisotopic (exact) mass is 221 g/mol. The van der Waals surface area contributed by atoms with Gasteiger partial charge in [0.15, 0.2) is 15.5 Å². The molecule has 0 radical (unpaired) electrons. The van der Waals surface area contributed by atoms with E-state index in [4.69, 9.17) is 11.6 Å². The molecule has 0 aromatic rings. The van der Waals surface area contributed by atoms with E-state index in [2.05, 4.69) is 21.2 Å². The third-order valence-electron chi connectivity index (χ3n) is 0.431. The van der Waals surface area contributed by atoms with Crippen LogP contribution in [-0.4, -0.2) is 18.7 Å². The quantitative estimate of drug-likeness (QED) is 0.403. The number of thiol groups is 1. The number of alkyl halides is 2. The van der Waals surface area contributed by atoms with Gasteiger partial charge < -0.3 is 0 Å². The summed E-state index contributed by atoms with van der Waals surface area (Å²) < 4.78 is 19.8. The summed E-state index contributed by atoms with van der Waals surface area (Å²) in [5.74, 6) is 0. The molecule has 0 heterocycles. The van der Waals surface area contributed by atoms with Crippen molar-refractivity contribution in [2.45, 2.75) is 4.83 Å². The van der Waals surface area contributed by atoms with Crippen LogP contribution in [0.5, 0.6) is 0 Å². The van der Waals surface area contributed by atoms with Crippen molar-refractivity contribution in [3.05, 3.63) is 0 Å². The van der Waals surface area contributed by atoms with Gasteiger partial charge in [0.1, 0.15) is 0 Å². The Balaban J connectivity index is 3.48. The van der Waals surface area contributed by atoms with Crippen LogP contribution >= 0.6 is 27.5 Å². The Morgan fingerprint density at radius 2 is 2.25 bits per heavy atom. The molecule has 0 bridgehead atoms. The Morgan fingerprint density at radius 3 is 2.38 bits per heavy atom. The van der Waals surface area contributed by atoms with Gasteiger partial charge in [-0.05, 0) is 0 Å². The zero-order valence-electron chi connectivity index (χ0n) is 3.80. The molecule has 0 aromatic heterocycles. The molecule has 3 nitrogen and oxygen atoms in total. The lowest BCUT2D eigenvalue weighted by atomic mass is 11.2. The molecule has 50 valence electrons. The zero-order valence-corrected chi connectivity index (χ0v) is 7.04. The van der Waals surface area contributed by atoms with Crippen molar-refractivity contribution in [3.63, 3.8) is 0 Å². The van der Waals surface area contributed by atoms with E-state index in [1.807, 2.05) is 0 Å². The fourth-order valence-corrected chi connectivity index (χ4v) is 1.22. The average molecular weight is 222 g/mol. The third-order valence-corrected chi connectivity index (χ3v) is 1.94. The maximum Gasteiger partial charge on any atom is 0.183 e. The van der Waals surface area contributed by atoms with E-state index >= 15 is 0 Å². The van der Waals surface area contributed by atoms with E-state index in [1.165, 1.54) is 0 Å². The van der Waals surface area contributed by atoms with E-state index in [9.17, 15) is 8.42 Å². The van der Waals surface area contributed by atoms with Crippen LogP contribution in [-0.2, 0) is 10.7 Å². The maximum absolute atomic E-state index is 9.91. The molecule has 6 heteroatoms. The van der Waals surface area contributed by atoms with E-state index in [-0.39, 0.29) is 0 Å². The Hall–Kier alpha value is 0.680. The van der Waals surface area contributed by atoms with Gasteiger partial charge >= 0.3 is 0 Å². The highest BCUT2D eigenvalue weighted by Crippen LogP contribution is 1.90. The molecule has 0 aromatic carbocycles. The highest BCUT2D eigenvalue weighted by Gasteiger charge is 2.01. The normalized spacial score (nSPS) is 14.4. The van der Waals surface area contributed by atoms with Crippen molar-refractivity contribution < 1.29 is 8.42 Å². The predicted octanol–water partition coefficient (Wildman–Crippen LogP) is 0.0622. The molecular formula is C2H5BrClNO2S. The van der Waals surface area contributed by atoms with E-state index in [0.717, 1.165) is 0 Å². The fraction of sp³-hybridized carbons (Fsp3) is 1.00. The third kappa shape index (κ3) is 3.65. The molecule has 1 unspecified atom stereocenters. The summed E-state index contributed by atoms with van der Waals surface area (Å²) in [6.45, 7) is 0. The first kappa shape index (κ1) is 8.68.